The molecule has 1 aliphatic rings. The zero-order valence-corrected chi connectivity index (χ0v) is 8.08. The molecular formula is C10H8F3NO2. The summed E-state index contributed by atoms with van der Waals surface area (Å²) in [6, 6.07) is 1.13. The fourth-order valence-electron chi connectivity index (χ4n) is 1.66. The van der Waals surface area contributed by atoms with Crippen molar-refractivity contribution in [2.75, 3.05) is 11.4 Å². The summed E-state index contributed by atoms with van der Waals surface area (Å²) in [5.41, 5.74) is -0.473. The van der Waals surface area contributed by atoms with E-state index in [1.807, 2.05) is 0 Å². The molecular weight excluding hydrogens is 223 g/mol. The summed E-state index contributed by atoms with van der Waals surface area (Å²) in [4.78, 5) is 12.2. The van der Waals surface area contributed by atoms with Gasteiger partial charge in [0.15, 0.2) is 11.6 Å². The van der Waals surface area contributed by atoms with Gasteiger partial charge in [-0.25, -0.2) is 13.2 Å². The van der Waals surface area contributed by atoms with E-state index in [2.05, 4.69) is 0 Å². The number of β-amino-alcohol motifs (C(OH)–C–C–N with tert-alkyl or cyclic N) is 1. The molecule has 1 aliphatic heterocycles. The average Bonchev–Trinajstić information content (AvgIpc) is 2.51. The molecule has 0 aliphatic carbocycles. The van der Waals surface area contributed by atoms with Gasteiger partial charge in [0, 0.05) is 12.1 Å². The largest absolute Gasteiger partial charge is 0.391 e. The fraction of sp³-hybridized carbons (Fsp3) is 0.300. The van der Waals surface area contributed by atoms with Crippen LogP contribution in [0.1, 0.15) is 6.42 Å². The first-order valence-electron chi connectivity index (χ1n) is 4.62. The topological polar surface area (TPSA) is 40.5 Å². The van der Waals surface area contributed by atoms with Crippen molar-refractivity contribution in [2.45, 2.75) is 12.5 Å². The molecule has 1 unspecified atom stereocenters. The average molecular weight is 231 g/mol. The second-order valence-electron chi connectivity index (χ2n) is 3.58. The molecule has 1 atom stereocenters. The lowest BCUT2D eigenvalue weighted by Gasteiger charge is -2.16. The van der Waals surface area contributed by atoms with E-state index in [9.17, 15) is 23.1 Å². The molecule has 1 heterocycles. The van der Waals surface area contributed by atoms with E-state index in [0.717, 1.165) is 11.0 Å². The van der Waals surface area contributed by atoms with Gasteiger partial charge in [-0.2, -0.15) is 0 Å². The monoisotopic (exact) mass is 231 g/mol. The number of rotatable bonds is 1. The Hall–Kier alpha value is -1.56. The number of aliphatic hydroxyl groups is 1. The summed E-state index contributed by atoms with van der Waals surface area (Å²) < 4.78 is 39.1. The highest BCUT2D eigenvalue weighted by Gasteiger charge is 2.31. The molecule has 1 aromatic carbocycles. The molecule has 0 bridgehead atoms. The van der Waals surface area contributed by atoms with Gasteiger partial charge in [0.05, 0.1) is 24.8 Å². The molecule has 0 saturated carbocycles. The van der Waals surface area contributed by atoms with Gasteiger partial charge < -0.3 is 10.0 Å². The highest BCUT2D eigenvalue weighted by atomic mass is 19.2. The molecule has 1 aromatic rings. The molecule has 1 saturated heterocycles. The number of anilines is 1. The Morgan fingerprint density at radius 3 is 2.56 bits per heavy atom. The van der Waals surface area contributed by atoms with Crippen molar-refractivity contribution >= 4 is 11.6 Å². The third-order valence-electron chi connectivity index (χ3n) is 2.37. The van der Waals surface area contributed by atoms with Crippen LogP contribution in [-0.4, -0.2) is 23.7 Å². The van der Waals surface area contributed by atoms with E-state index in [4.69, 9.17) is 0 Å². The predicted molar refractivity (Wildman–Crippen MR) is 49.3 cm³/mol. The molecule has 3 nitrogen and oxygen atoms in total. The number of benzene rings is 1. The second kappa shape index (κ2) is 3.79. The fourth-order valence-corrected chi connectivity index (χ4v) is 1.66. The Bertz CT molecular complexity index is 450. The first-order valence-corrected chi connectivity index (χ1v) is 4.62. The van der Waals surface area contributed by atoms with Crippen molar-refractivity contribution in [2.24, 2.45) is 0 Å². The summed E-state index contributed by atoms with van der Waals surface area (Å²) in [5, 5.41) is 9.19. The molecule has 1 amide bonds. The Morgan fingerprint density at radius 2 is 2.00 bits per heavy atom. The van der Waals surface area contributed by atoms with Crippen LogP contribution in [0.2, 0.25) is 0 Å². The number of carbonyl (C=O) groups is 1. The Balaban J connectivity index is 2.44. The lowest BCUT2D eigenvalue weighted by molar-refractivity contribution is -0.117. The third kappa shape index (κ3) is 1.76. The van der Waals surface area contributed by atoms with Crippen LogP contribution < -0.4 is 4.90 Å². The lowest BCUT2D eigenvalue weighted by atomic mass is 10.2. The summed E-state index contributed by atoms with van der Waals surface area (Å²) in [7, 11) is 0. The maximum absolute atomic E-state index is 13.3. The summed E-state index contributed by atoms with van der Waals surface area (Å²) in [5.74, 6) is -4.17. The highest BCUT2D eigenvalue weighted by Crippen LogP contribution is 2.27. The first kappa shape index (κ1) is 10.9. The van der Waals surface area contributed by atoms with Gasteiger partial charge in [-0.05, 0) is 0 Å². The van der Waals surface area contributed by atoms with E-state index in [1.54, 1.807) is 0 Å². The molecule has 2 rings (SSSR count). The maximum Gasteiger partial charge on any atom is 0.229 e. The van der Waals surface area contributed by atoms with E-state index in [-0.39, 0.29) is 13.0 Å². The Morgan fingerprint density at radius 1 is 1.31 bits per heavy atom. The van der Waals surface area contributed by atoms with Crippen LogP contribution in [-0.2, 0) is 4.79 Å². The van der Waals surface area contributed by atoms with Gasteiger partial charge in [-0.1, -0.05) is 0 Å². The van der Waals surface area contributed by atoms with Crippen molar-refractivity contribution in [3.8, 4) is 0 Å². The minimum absolute atomic E-state index is 0.154. The van der Waals surface area contributed by atoms with Crippen LogP contribution in [0.5, 0.6) is 0 Å². The van der Waals surface area contributed by atoms with Crippen LogP contribution in [0.4, 0.5) is 18.9 Å². The minimum Gasteiger partial charge on any atom is -0.391 e. The highest BCUT2D eigenvalue weighted by molar-refractivity contribution is 5.96. The standard InChI is InChI=1S/C10H8F3NO2/c11-5-1-7(12)10(13)8(2-5)14-4-6(15)3-9(14)16/h1-2,6,15H,3-4H2. The zero-order chi connectivity index (χ0) is 11.9. The van der Waals surface area contributed by atoms with Gasteiger partial charge in [-0.15, -0.1) is 0 Å². The van der Waals surface area contributed by atoms with E-state index in [1.165, 1.54) is 0 Å². The number of nitrogens with zero attached hydrogens (tertiary/aromatic N) is 1. The second-order valence-corrected chi connectivity index (χ2v) is 3.58. The quantitative estimate of drug-likeness (QED) is 0.738. The minimum atomic E-state index is -1.36. The molecule has 1 fully saturated rings. The third-order valence-corrected chi connectivity index (χ3v) is 2.37. The van der Waals surface area contributed by atoms with Gasteiger partial charge in [-0.3, -0.25) is 4.79 Å². The van der Waals surface area contributed by atoms with Crippen molar-refractivity contribution in [1.29, 1.82) is 0 Å². The van der Waals surface area contributed by atoms with Gasteiger partial charge in [0.2, 0.25) is 5.91 Å². The SMILES string of the molecule is O=C1CC(O)CN1c1cc(F)cc(F)c1F. The van der Waals surface area contributed by atoms with Gasteiger partial charge >= 0.3 is 0 Å². The number of aliphatic hydroxyl groups excluding tert-OH is 1. The van der Waals surface area contributed by atoms with E-state index >= 15 is 0 Å². The summed E-state index contributed by atoms with van der Waals surface area (Å²) in [6.45, 7) is -0.154. The first-order chi connectivity index (χ1) is 7.49. The predicted octanol–water partition coefficient (Wildman–Crippen LogP) is 1.20. The molecule has 0 aromatic heterocycles. The molecule has 86 valence electrons. The maximum atomic E-state index is 13.3. The summed E-state index contributed by atoms with van der Waals surface area (Å²) >= 11 is 0. The van der Waals surface area contributed by atoms with Gasteiger partial charge in [0.25, 0.3) is 0 Å². The molecule has 0 spiro atoms. The van der Waals surface area contributed by atoms with Crippen molar-refractivity contribution in [1.82, 2.24) is 0 Å². The van der Waals surface area contributed by atoms with Crippen LogP contribution in [0, 0.1) is 17.5 Å². The van der Waals surface area contributed by atoms with Crippen LogP contribution in [0.3, 0.4) is 0 Å². The molecule has 16 heavy (non-hydrogen) atoms. The van der Waals surface area contributed by atoms with Crippen LogP contribution in [0.25, 0.3) is 0 Å². The number of hydrogen-bond acceptors (Lipinski definition) is 2. The van der Waals surface area contributed by atoms with Crippen LogP contribution >= 0.6 is 0 Å². The molecule has 6 heteroatoms. The van der Waals surface area contributed by atoms with Crippen LogP contribution in [0.15, 0.2) is 12.1 Å². The Labute approximate surface area is 89.1 Å². The number of halogens is 3. The lowest BCUT2D eigenvalue weighted by Crippen LogP contribution is -2.26. The Kier molecular flexibility index (Phi) is 2.59. The van der Waals surface area contributed by atoms with Crippen molar-refractivity contribution in [3.05, 3.63) is 29.6 Å². The number of amides is 1. The molecule has 1 N–H and O–H groups in total. The zero-order valence-electron chi connectivity index (χ0n) is 8.08. The van der Waals surface area contributed by atoms with E-state index in [0.29, 0.717) is 6.07 Å². The summed E-state index contributed by atoms with van der Waals surface area (Å²) in [6.07, 6.45) is -1.10. The number of carbonyl (C=O) groups excluding carboxylic acids is 1. The molecule has 0 radical (unpaired) electrons. The van der Waals surface area contributed by atoms with Gasteiger partial charge in [0.1, 0.15) is 5.82 Å². The van der Waals surface area contributed by atoms with Crippen molar-refractivity contribution < 1.29 is 23.1 Å². The normalized spacial score (nSPS) is 20.6. The smallest absolute Gasteiger partial charge is 0.229 e. The van der Waals surface area contributed by atoms with Crippen molar-refractivity contribution in [3.63, 3.8) is 0 Å². The van der Waals surface area contributed by atoms with E-state index < -0.39 is 35.2 Å². The number of hydrogen-bond donors (Lipinski definition) is 1.